The Morgan fingerprint density at radius 2 is 1.80 bits per heavy atom. The van der Waals surface area contributed by atoms with Gasteiger partial charge >= 0.3 is 0 Å². The predicted molar refractivity (Wildman–Crippen MR) is 115 cm³/mol. The lowest BCUT2D eigenvalue weighted by Crippen LogP contribution is -2.41. The third kappa shape index (κ3) is 6.11. The van der Waals surface area contributed by atoms with Gasteiger partial charge in [-0.3, -0.25) is 9.69 Å². The molecule has 1 aliphatic heterocycles. The standard InChI is InChI=1S/C24H31FN2O3/c1-29-13-12-27(24(28)18-30-2)16-21-15-26(14-19-6-4-3-5-7-19)17-23(21)20-8-10-22(25)11-9-20/h3-11,21,23H,12-18H2,1-2H3. The molecule has 2 unspecified atom stereocenters. The molecule has 1 fully saturated rings. The molecule has 0 radical (unpaired) electrons. The van der Waals surface area contributed by atoms with Crippen molar-refractivity contribution in [2.24, 2.45) is 5.92 Å². The first kappa shape index (κ1) is 22.4. The minimum absolute atomic E-state index is 0.0334. The smallest absolute Gasteiger partial charge is 0.248 e. The fourth-order valence-corrected chi connectivity index (χ4v) is 4.22. The second-order valence-electron chi connectivity index (χ2n) is 7.86. The molecule has 0 saturated carbocycles. The predicted octanol–water partition coefficient (Wildman–Crippen LogP) is 3.16. The highest BCUT2D eigenvalue weighted by molar-refractivity contribution is 5.77. The van der Waals surface area contributed by atoms with Gasteiger partial charge in [0.2, 0.25) is 5.91 Å². The Labute approximate surface area is 178 Å². The summed E-state index contributed by atoms with van der Waals surface area (Å²) in [5.41, 5.74) is 2.38. The van der Waals surface area contributed by atoms with Gasteiger partial charge in [-0.05, 0) is 29.2 Å². The molecule has 1 saturated heterocycles. The maximum atomic E-state index is 13.5. The Bertz CT molecular complexity index is 785. The quantitative estimate of drug-likeness (QED) is 0.599. The minimum Gasteiger partial charge on any atom is -0.383 e. The van der Waals surface area contributed by atoms with E-state index in [0.717, 1.165) is 25.2 Å². The number of halogens is 1. The van der Waals surface area contributed by atoms with Crippen molar-refractivity contribution in [1.82, 2.24) is 9.80 Å². The van der Waals surface area contributed by atoms with Gasteiger partial charge in [0.1, 0.15) is 12.4 Å². The van der Waals surface area contributed by atoms with E-state index in [-0.39, 0.29) is 30.2 Å². The van der Waals surface area contributed by atoms with Crippen LogP contribution in [0.2, 0.25) is 0 Å². The lowest BCUT2D eigenvalue weighted by atomic mass is 9.88. The molecule has 30 heavy (non-hydrogen) atoms. The molecule has 0 aromatic heterocycles. The van der Waals surface area contributed by atoms with Gasteiger partial charge in [0.05, 0.1) is 6.61 Å². The second kappa shape index (κ2) is 11.2. The van der Waals surface area contributed by atoms with Gasteiger partial charge in [-0.25, -0.2) is 4.39 Å². The number of amides is 1. The maximum absolute atomic E-state index is 13.5. The van der Waals surface area contributed by atoms with Crippen molar-refractivity contribution in [3.63, 3.8) is 0 Å². The molecule has 3 rings (SSSR count). The summed E-state index contributed by atoms with van der Waals surface area (Å²) in [6.45, 7) is 4.31. The fraction of sp³-hybridized carbons (Fsp3) is 0.458. The van der Waals surface area contributed by atoms with E-state index in [0.29, 0.717) is 19.7 Å². The SMILES string of the molecule is COCCN(CC1CN(Cc2ccccc2)CC1c1ccc(F)cc1)C(=O)COC. The normalized spacial score (nSPS) is 19.2. The zero-order valence-electron chi connectivity index (χ0n) is 17.8. The van der Waals surface area contributed by atoms with Crippen molar-refractivity contribution in [3.05, 3.63) is 71.5 Å². The molecule has 6 heteroatoms. The summed E-state index contributed by atoms with van der Waals surface area (Å²) in [6, 6.07) is 17.2. The Balaban J connectivity index is 1.77. The molecule has 5 nitrogen and oxygen atoms in total. The van der Waals surface area contributed by atoms with Crippen molar-refractivity contribution in [2.45, 2.75) is 12.5 Å². The van der Waals surface area contributed by atoms with Crippen molar-refractivity contribution in [1.29, 1.82) is 0 Å². The van der Waals surface area contributed by atoms with Crippen LogP contribution >= 0.6 is 0 Å². The van der Waals surface area contributed by atoms with Crippen molar-refractivity contribution < 1.29 is 18.7 Å². The van der Waals surface area contributed by atoms with Gasteiger partial charge in [0.15, 0.2) is 0 Å². The van der Waals surface area contributed by atoms with Gasteiger partial charge in [-0.1, -0.05) is 42.5 Å². The number of likely N-dealkylation sites (tertiary alicyclic amines) is 1. The number of methoxy groups -OCH3 is 2. The summed E-state index contributed by atoms with van der Waals surface area (Å²) >= 11 is 0. The van der Waals surface area contributed by atoms with E-state index in [1.54, 1.807) is 7.11 Å². The number of ether oxygens (including phenoxy) is 2. The Hall–Kier alpha value is -2.28. The number of benzene rings is 2. The third-order valence-electron chi connectivity index (χ3n) is 5.70. The van der Waals surface area contributed by atoms with E-state index in [9.17, 15) is 9.18 Å². The lowest BCUT2D eigenvalue weighted by Gasteiger charge is -2.28. The zero-order chi connectivity index (χ0) is 21.3. The van der Waals surface area contributed by atoms with Crippen LogP contribution in [0.4, 0.5) is 4.39 Å². The molecule has 1 amide bonds. The third-order valence-corrected chi connectivity index (χ3v) is 5.70. The van der Waals surface area contributed by atoms with E-state index in [1.165, 1.54) is 24.8 Å². The van der Waals surface area contributed by atoms with Crippen molar-refractivity contribution in [3.8, 4) is 0 Å². The highest BCUT2D eigenvalue weighted by atomic mass is 19.1. The number of carbonyl (C=O) groups is 1. The molecule has 0 spiro atoms. The van der Waals surface area contributed by atoms with Crippen LogP contribution in [-0.2, 0) is 20.8 Å². The Morgan fingerprint density at radius 3 is 2.47 bits per heavy atom. The summed E-state index contributed by atoms with van der Waals surface area (Å²) in [5, 5.41) is 0. The molecule has 2 aromatic carbocycles. The lowest BCUT2D eigenvalue weighted by molar-refractivity contribution is -0.136. The van der Waals surface area contributed by atoms with E-state index < -0.39 is 0 Å². The summed E-state index contributed by atoms with van der Waals surface area (Å²) in [7, 11) is 3.17. The van der Waals surface area contributed by atoms with Gasteiger partial charge in [0.25, 0.3) is 0 Å². The van der Waals surface area contributed by atoms with Gasteiger partial charge in [-0.2, -0.15) is 0 Å². The number of carbonyl (C=O) groups excluding carboxylic acids is 1. The van der Waals surface area contributed by atoms with Gasteiger partial charge in [0, 0.05) is 52.9 Å². The molecular weight excluding hydrogens is 383 g/mol. The molecule has 0 bridgehead atoms. The van der Waals surface area contributed by atoms with E-state index in [1.807, 2.05) is 23.1 Å². The zero-order valence-corrected chi connectivity index (χ0v) is 17.8. The van der Waals surface area contributed by atoms with E-state index in [2.05, 4.69) is 29.2 Å². The summed E-state index contributed by atoms with van der Waals surface area (Å²) in [5.74, 6) is 0.215. The molecule has 0 aliphatic carbocycles. The fourth-order valence-electron chi connectivity index (χ4n) is 4.22. The van der Waals surface area contributed by atoms with Gasteiger partial charge in [-0.15, -0.1) is 0 Å². The second-order valence-corrected chi connectivity index (χ2v) is 7.86. The number of hydrogen-bond acceptors (Lipinski definition) is 4. The highest BCUT2D eigenvalue weighted by Crippen LogP contribution is 2.34. The van der Waals surface area contributed by atoms with Crippen LogP contribution in [0.5, 0.6) is 0 Å². The molecule has 162 valence electrons. The van der Waals surface area contributed by atoms with Crippen LogP contribution in [-0.4, -0.2) is 69.3 Å². The number of hydrogen-bond donors (Lipinski definition) is 0. The van der Waals surface area contributed by atoms with Gasteiger partial charge < -0.3 is 14.4 Å². The molecule has 1 heterocycles. The monoisotopic (exact) mass is 414 g/mol. The number of rotatable bonds is 10. The molecule has 0 N–H and O–H groups in total. The van der Waals surface area contributed by atoms with Crippen molar-refractivity contribution in [2.75, 3.05) is 53.6 Å². The maximum Gasteiger partial charge on any atom is 0.248 e. The van der Waals surface area contributed by atoms with Crippen LogP contribution < -0.4 is 0 Å². The first-order chi connectivity index (χ1) is 14.6. The average Bonchev–Trinajstić information content (AvgIpc) is 3.14. The minimum atomic E-state index is -0.230. The van der Waals surface area contributed by atoms with Crippen molar-refractivity contribution >= 4 is 5.91 Å². The summed E-state index contributed by atoms with van der Waals surface area (Å²) < 4.78 is 23.8. The molecule has 2 aromatic rings. The van der Waals surface area contributed by atoms with E-state index >= 15 is 0 Å². The topological polar surface area (TPSA) is 42.0 Å². The first-order valence-electron chi connectivity index (χ1n) is 10.4. The average molecular weight is 415 g/mol. The van der Waals surface area contributed by atoms with Crippen LogP contribution in [0.1, 0.15) is 17.0 Å². The first-order valence-corrected chi connectivity index (χ1v) is 10.4. The number of nitrogens with zero attached hydrogens (tertiary/aromatic N) is 2. The Kier molecular flexibility index (Phi) is 8.37. The van der Waals surface area contributed by atoms with Crippen LogP contribution in [0.15, 0.2) is 54.6 Å². The molecular formula is C24H31FN2O3. The summed E-state index contributed by atoms with van der Waals surface area (Å²) in [4.78, 5) is 16.8. The largest absolute Gasteiger partial charge is 0.383 e. The Morgan fingerprint density at radius 1 is 1.07 bits per heavy atom. The van der Waals surface area contributed by atoms with Crippen LogP contribution in [0.25, 0.3) is 0 Å². The van der Waals surface area contributed by atoms with Crippen LogP contribution in [0, 0.1) is 11.7 Å². The molecule has 2 atom stereocenters. The highest BCUT2D eigenvalue weighted by Gasteiger charge is 2.35. The van der Waals surface area contributed by atoms with E-state index in [4.69, 9.17) is 9.47 Å². The molecule has 1 aliphatic rings. The summed E-state index contributed by atoms with van der Waals surface area (Å²) in [6.07, 6.45) is 0. The van der Waals surface area contributed by atoms with Crippen LogP contribution in [0.3, 0.4) is 0 Å².